The van der Waals surface area contributed by atoms with Crippen molar-refractivity contribution in [3.8, 4) is 11.1 Å². The molecule has 8 heteroatoms. The van der Waals surface area contributed by atoms with Crippen LogP contribution in [0.3, 0.4) is 0 Å². The van der Waals surface area contributed by atoms with Gasteiger partial charge in [0.25, 0.3) is 0 Å². The van der Waals surface area contributed by atoms with Gasteiger partial charge in [0, 0.05) is 37.2 Å². The van der Waals surface area contributed by atoms with Gasteiger partial charge in [0.1, 0.15) is 6.33 Å². The zero-order valence-electron chi connectivity index (χ0n) is 19.8. The molecule has 0 spiro atoms. The fraction of sp³-hybridized carbons (Fsp3) is 0.440. The number of carbonyl (C=O) groups is 1. The molecular formula is C25H31N7O. The highest BCUT2D eigenvalue weighted by Gasteiger charge is 2.26. The number of pyridine rings is 1. The Bertz CT molecular complexity index is 1310. The quantitative estimate of drug-likeness (QED) is 0.509. The number of likely N-dealkylation sites (N-methyl/N-ethyl adjacent to an activating group) is 1. The Kier molecular flexibility index (Phi) is 5.62. The maximum absolute atomic E-state index is 12.1. The van der Waals surface area contributed by atoms with E-state index in [1.54, 1.807) is 11.2 Å². The van der Waals surface area contributed by atoms with E-state index in [0.29, 0.717) is 12.5 Å². The zero-order chi connectivity index (χ0) is 23.1. The molecule has 0 bridgehead atoms. The van der Waals surface area contributed by atoms with Crippen LogP contribution >= 0.6 is 0 Å². The Morgan fingerprint density at radius 1 is 1.21 bits per heavy atom. The Hall–Kier alpha value is -3.26. The number of piperidine rings is 1. The summed E-state index contributed by atoms with van der Waals surface area (Å²) in [6.45, 7) is 6.62. The average molecular weight is 446 g/mol. The number of benzene rings is 1. The zero-order valence-corrected chi connectivity index (χ0v) is 19.8. The smallest absolute Gasteiger partial charge is 0.236 e. The number of nitrogens with one attached hydrogen (secondary N) is 1. The number of aryl methyl sites for hydroxylation is 2. The number of aromatic nitrogens is 5. The molecule has 4 heterocycles. The fourth-order valence-corrected chi connectivity index (χ4v) is 4.94. The fourth-order valence-electron chi connectivity index (χ4n) is 4.94. The lowest BCUT2D eigenvalue weighted by molar-refractivity contribution is -0.130. The second kappa shape index (κ2) is 8.59. The molecule has 172 valence electrons. The van der Waals surface area contributed by atoms with Crippen molar-refractivity contribution in [3.05, 3.63) is 47.5 Å². The first kappa shape index (κ1) is 21.6. The van der Waals surface area contributed by atoms with Gasteiger partial charge in [-0.25, -0.2) is 9.50 Å². The maximum Gasteiger partial charge on any atom is 0.236 e. The van der Waals surface area contributed by atoms with Crippen LogP contribution in [0.1, 0.15) is 42.5 Å². The molecule has 1 saturated heterocycles. The van der Waals surface area contributed by atoms with Gasteiger partial charge in [-0.3, -0.25) is 14.8 Å². The van der Waals surface area contributed by atoms with E-state index in [4.69, 9.17) is 5.10 Å². The first-order valence-corrected chi connectivity index (χ1v) is 11.7. The van der Waals surface area contributed by atoms with Crippen LogP contribution in [0, 0.1) is 6.92 Å². The standard InChI is InChI=1S/C25H31N7O/c1-5-17-11-21-22(12-20(17)19-10-16(2)25-26-15-27-32(25)13-19)28-29-24(21)18-6-8-31(9-7-18)14-23(33)30(3)4/h10-13,15,18H,5-9,14H2,1-4H3,(H,28,29). The van der Waals surface area contributed by atoms with E-state index in [0.717, 1.165) is 60.3 Å². The lowest BCUT2D eigenvalue weighted by Crippen LogP contribution is -2.40. The minimum absolute atomic E-state index is 0.165. The number of amides is 1. The van der Waals surface area contributed by atoms with Crippen molar-refractivity contribution >= 4 is 22.5 Å². The van der Waals surface area contributed by atoms with Gasteiger partial charge in [-0.05, 0) is 74.2 Å². The van der Waals surface area contributed by atoms with Gasteiger partial charge in [-0.15, -0.1) is 0 Å². The van der Waals surface area contributed by atoms with Crippen LogP contribution in [0.15, 0.2) is 30.7 Å². The number of rotatable bonds is 5. The van der Waals surface area contributed by atoms with Crippen molar-refractivity contribution in [2.45, 2.75) is 39.0 Å². The first-order chi connectivity index (χ1) is 15.9. The number of likely N-dealkylation sites (tertiary alicyclic amines) is 1. The SMILES string of the molecule is CCc1cc2c(C3CCN(CC(=O)N(C)C)CC3)n[nH]c2cc1-c1cc(C)c2ncnn2c1. The first-order valence-electron chi connectivity index (χ1n) is 11.7. The van der Waals surface area contributed by atoms with Crippen LogP contribution in [0.5, 0.6) is 0 Å². The van der Waals surface area contributed by atoms with Gasteiger partial charge in [-0.2, -0.15) is 10.2 Å². The Morgan fingerprint density at radius 3 is 2.73 bits per heavy atom. The second-order valence-corrected chi connectivity index (χ2v) is 9.30. The van der Waals surface area contributed by atoms with Crippen molar-refractivity contribution in [1.82, 2.24) is 34.6 Å². The predicted molar refractivity (Wildman–Crippen MR) is 129 cm³/mol. The molecule has 0 radical (unpaired) electrons. The van der Waals surface area contributed by atoms with Crippen molar-refractivity contribution in [2.24, 2.45) is 0 Å². The molecule has 1 aliphatic heterocycles. The lowest BCUT2D eigenvalue weighted by Gasteiger charge is -2.31. The van der Waals surface area contributed by atoms with Crippen molar-refractivity contribution in [2.75, 3.05) is 33.7 Å². The second-order valence-electron chi connectivity index (χ2n) is 9.30. The van der Waals surface area contributed by atoms with E-state index >= 15 is 0 Å². The van der Waals surface area contributed by atoms with Gasteiger partial charge in [0.15, 0.2) is 5.65 Å². The molecule has 1 amide bonds. The van der Waals surface area contributed by atoms with Crippen LogP contribution < -0.4 is 0 Å². The summed E-state index contributed by atoms with van der Waals surface area (Å²) in [5.74, 6) is 0.576. The summed E-state index contributed by atoms with van der Waals surface area (Å²) in [6, 6.07) is 6.73. The topological polar surface area (TPSA) is 82.4 Å². The maximum atomic E-state index is 12.1. The molecule has 1 aromatic carbocycles. The Labute approximate surface area is 193 Å². The molecule has 4 aromatic rings. The third kappa shape index (κ3) is 3.99. The third-order valence-electron chi connectivity index (χ3n) is 6.90. The normalized spacial score (nSPS) is 15.5. The molecule has 3 aromatic heterocycles. The summed E-state index contributed by atoms with van der Waals surface area (Å²) in [5.41, 5.74) is 7.87. The summed E-state index contributed by atoms with van der Waals surface area (Å²) in [6.07, 6.45) is 6.63. The number of fused-ring (bicyclic) bond motifs is 2. The van der Waals surface area contributed by atoms with Crippen LogP contribution in [0.2, 0.25) is 0 Å². The van der Waals surface area contributed by atoms with Gasteiger partial charge < -0.3 is 4.90 Å². The van der Waals surface area contributed by atoms with Gasteiger partial charge in [0.2, 0.25) is 5.91 Å². The largest absolute Gasteiger partial charge is 0.348 e. The molecule has 0 aliphatic carbocycles. The van der Waals surface area contributed by atoms with Crippen molar-refractivity contribution < 1.29 is 4.79 Å². The monoisotopic (exact) mass is 445 g/mol. The molecule has 1 N–H and O–H groups in total. The van der Waals surface area contributed by atoms with E-state index in [1.807, 2.05) is 18.6 Å². The van der Waals surface area contributed by atoms with Gasteiger partial charge >= 0.3 is 0 Å². The summed E-state index contributed by atoms with van der Waals surface area (Å²) in [7, 11) is 3.63. The molecule has 0 saturated carbocycles. The molecule has 1 aliphatic rings. The van der Waals surface area contributed by atoms with Crippen LogP contribution in [0.25, 0.3) is 27.7 Å². The minimum Gasteiger partial charge on any atom is -0.348 e. The van der Waals surface area contributed by atoms with Gasteiger partial charge in [-0.1, -0.05) is 6.92 Å². The molecule has 1 fully saturated rings. The summed E-state index contributed by atoms with van der Waals surface area (Å²) < 4.78 is 1.85. The van der Waals surface area contributed by atoms with Crippen molar-refractivity contribution in [3.63, 3.8) is 0 Å². The molecule has 8 nitrogen and oxygen atoms in total. The Morgan fingerprint density at radius 2 is 2.00 bits per heavy atom. The third-order valence-corrected chi connectivity index (χ3v) is 6.90. The van der Waals surface area contributed by atoms with Crippen molar-refractivity contribution in [1.29, 1.82) is 0 Å². The van der Waals surface area contributed by atoms with Crippen LogP contribution in [-0.4, -0.2) is 74.2 Å². The van der Waals surface area contributed by atoms with E-state index in [-0.39, 0.29) is 5.91 Å². The molecule has 33 heavy (non-hydrogen) atoms. The number of hydrogen-bond donors (Lipinski definition) is 1. The van der Waals surface area contributed by atoms with E-state index < -0.39 is 0 Å². The van der Waals surface area contributed by atoms with E-state index in [9.17, 15) is 4.79 Å². The van der Waals surface area contributed by atoms with Crippen LogP contribution in [-0.2, 0) is 11.2 Å². The summed E-state index contributed by atoms with van der Waals surface area (Å²) in [4.78, 5) is 20.3. The summed E-state index contributed by atoms with van der Waals surface area (Å²) >= 11 is 0. The predicted octanol–water partition coefficient (Wildman–Crippen LogP) is 3.41. The number of nitrogens with zero attached hydrogens (tertiary/aromatic N) is 6. The molecule has 0 atom stereocenters. The highest BCUT2D eigenvalue weighted by molar-refractivity contribution is 5.89. The molecule has 5 rings (SSSR count). The van der Waals surface area contributed by atoms with Gasteiger partial charge in [0.05, 0.1) is 17.8 Å². The average Bonchev–Trinajstić information content (AvgIpc) is 3.45. The minimum atomic E-state index is 0.165. The number of hydrogen-bond acceptors (Lipinski definition) is 5. The summed E-state index contributed by atoms with van der Waals surface area (Å²) in [5, 5.41) is 13.6. The molecular weight excluding hydrogens is 414 g/mol. The van der Waals surface area contributed by atoms with E-state index in [2.05, 4.69) is 58.3 Å². The number of H-pyrrole nitrogens is 1. The Balaban J connectivity index is 1.43. The highest BCUT2D eigenvalue weighted by Crippen LogP contribution is 2.35. The van der Waals surface area contributed by atoms with Crippen LogP contribution in [0.4, 0.5) is 0 Å². The number of aromatic amines is 1. The van der Waals surface area contributed by atoms with E-state index in [1.165, 1.54) is 16.5 Å². The lowest BCUT2D eigenvalue weighted by atomic mass is 9.89. The number of carbonyl (C=O) groups excluding carboxylic acids is 1. The molecule has 0 unspecified atom stereocenters. The highest BCUT2D eigenvalue weighted by atomic mass is 16.2.